The zero-order valence-electron chi connectivity index (χ0n) is 12.9. The summed E-state index contributed by atoms with van der Waals surface area (Å²) >= 11 is 1.31. The summed E-state index contributed by atoms with van der Waals surface area (Å²) in [5.41, 5.74) is -2.01. The average molecular weight is 401 g/mol. The van der Waals surface area contributed by atoms with Gasteiger partial charge in [0.15, 0.2) is 4.24 Å². The van der Waals surface area contributed by atoms with Gasteiger partial charge in [0.2, 0.25) is 0 Å². The largest absolute Gasteiger partial charge is 0.389 e. The Bertz CT molecular complexity index is 760. The van der Waals surface area contributed by atoms with E-state index in [1.807, 2.05) is 4.72 Å². The number of sulfonamides is 2. The summed E-state index contributed by atoms with van der Waals surface area (Å²) in [7, 11) is -7.36. The molecule has 0 aromatic rings. The lowest BCUT2D eigenvalue weighted by molar-refractivity contribution is -0.0325. The van der Waals surface area contributed by atoms with Crippen LogP contribution in [-0.4, -0.2) is 63.5 Å². The molecule has 24 heavy (non-hydrogen) atoms. The number of primary sulfonamides is 1. The predicted molar refractivity (Wildman–Crippen MR) is 89.6 cm³/mol. The van der Waals surface area contributed by atoms with Gasteiger partial charge in [-0.25, -0.2) is 22.0 Å². The van der Waals surface area contributed by atoms with Gasteiger partial charge in [0.1, 0.15) is 5.60 Å². The summed E-state index contributed by atoms with van der Waals surface area (Å²) in [6.07, 6.45) is 1.84. The van der Waals surface area contributed by atoms with Crippen molar-refractivity contribution in [2.45, 2.75) is 29.8 Å². The topological polar surface area (TPSA) is 156 Å². The second-order valence-electron chi connectivity index (χ2n) is 5.51. The molecule has 5 N–H and O–H groups in total. The maximum atomic E-state index is 12.1. The van der Waals surface area contributed by atoms with Crippen LogP contribution in [-0.2, 0) is 24.8 Å². The number of aliphatic hydroxyl groups is 2. The Labute approximate surface area is 145 Å². The molecule has 2 aliphatic heterocycles. The van der Waals surface area contributed by atoms with Gasteiger partial charge in [-0.2, -0.15) is 11.8 Å². The fraction of sp³-hybridized carbons (Fsp3) is 0.667. The molecule has 0 aliphatic carbocycles. The fourth-order valence-corrected chi connectivity index (χ4v) is 6.69. The molecule has 2 unspecified atom stereocenters. The van der Waals surface area contributed by atoms with Crippen molar-refractivity contribution in [3.8, 4) is 0 Å². The Kier molecular flexibility index (Phi) is 5.69. The Hall–Kier alpha value is -0.630. The zero-order chi connectivity index (χ0) is 18.2. The monoisotopic (exact) mass is 400 g/mol. The molecule has 2 aliphatic rings. The molecule has 0 amide bonds. The van der Waals surface area contributed by atoms with Gasteiger partial charge >= 0.3 is 0 Å². The number of hydrogen-bond acceptors (Lipinski definition) is 8. The first-order valence-electron chi connectivity index (χ1n) is 7.02. The van der Waals surface area contributed by atoms with Crippen molar-refractivity contribution in [1.82, 2.24) is 4.72 Å². The van der Waals surface area contributed by atoms with Crippen LogP contribution in [0.15, 0.2) is 22.1 Å². The van der Waals surface area contributed by atoms with Gasteiger partial charge in [0.05, 0.1) is 11.8 Å². The standard InChI is InChI=1S/C12H20N2O7S3/c1-21-6-2-3-10-12(16,9(15)7-22-10)8-4-5-11(23(13,17)18)24(19,20)14-8/h4-5,9-10,14-16H,2-3,6-7H2,1H3,(H2,13,17,18)/t9?,10-,12?/m0/s1. The van der Waals surface area contributed by atoms with Gasteiger partial charge in [-0.05, 0) is 25.0 Å². The van der Waals surface area contributed by atoms with E-state index in [0.29, 0.717) is 19.4 Å². The van der Waals surface area contributed by atoms with E-state index in [1.54, 1.807) is 7.11 Å². The van der Waals surface area contributed by atoms with Crippen molar-refractivity contribution < 1.29 is 31.8 Å². The summed E-state index contributed by atoms with van der Waals surface area (Å²) in [6, 6.07) is 0. The molecule has 0 saturated carbocycles. The lowest BCUT2D eigenvalue weighted by atomic mass is 9.87. The molecule has 3 atom stereocenters. The van der Waals surface area contributed by atoms with Crippen molar-refractivity contribution in [2.24, 2.45) is 5.14 Å². The van der Waals surface area contributed by atoms with E-state index in [2.05, 4.69) is 0 Å². The smallest absolute Gasteiger partial charge is 0.274 e. The SMILES string of the molecule is COCCC[C@@H]1SCC(O)C1(O)C1=CC=C(S(N)(=O)=O)S(=O)(=O)N1. The van der Waals surface area contributed by atoms with Crippen LogP contribution < -0.4 is 9.86 Å². The number of hydrogen-bond donors (Lipinski definition) is 4. The van der Waals surface area contributed by atoms with Crippen molar-refractivity contribution in [1.29, 1.82) is 0 Å². The van der Waals surface area contributed by atoms with E-state index in [4.69, 9.17) is 9.88 Å². The highest BCUT2D eigenvalue weighted by molar-refractivity contribution is 8.12. The van der Waals surface area contributed by atoms with Crippen LogP contribution in [0, 0.1) is 0 Å². The zero-order valence-corrected chi connectivity index (χ0v) is 15.3. The van der Waals surface area contributed by atoms with Crippen molar-refractivity contribution in [3.05, 3.63) is 22.1 Å². The number of nitrogens with one attached hydrogen (secondary N) is 1. The molecule has 9 nitrogen and oxygen atoms in total. The van der Waals surface area contributed by atoms with Gasteiger partial charge in [0.25, 0.3) is 20.0 Å². The van der Waals surface area contributed by atoms with Gasteiger partial charge in [-0.15, -0.1) is 0 Å². The third-order valence-electron chi connectivity index (χ3n) is 3.88. The molecular weight excluding hydrogens is 380 g/mol. The summed E-state index contributed by atoms with van der Waals surface area (Å²) in [5.74, 6) is 0.221. The third kappa shape index (κ3) is 3.64. The second kappa shape index (κ2) is 6.94. The number of methoxy groups -OCH3 is 1. The molecule has 2 rings (SSSR count). The molecule has 0 aromatic carbocycles. The molecule has 138 valence electrons. The van der Waals surface area contributed by atoms with Crippen LogP contribution in [0.25, 0.3) is 0 Å². The molecule has 1 fully saturated rings. The van der Waals surface area contributed by atoms with E-state index in [9.17, 15) is 27.0 Å². The maximum absolute atomic E-state index is 12.1. The molecule has 0 aromatic heterocycles. The number of thioether (sulfide) groups is 1. The highest BCUT2D eigenvalue weighted by Crippen LogP contribution is 2.43. The average Bonchev–Trinajstić information content (AvgIpc) is 2.74. The highest BCUT2D eigenvalue weighted by atomic mass is 32.3. The molecular formula is C12H20N2O7S3. The van der Waals surface area contributed by atoms with Crippen LogP contribution in [0.2, 0.25) is 0 Å². The van der Waals surface area contributed by atoms with Crippen LogP contribution in [0.1, 0.15) is 12.8 Å². The third-order valence-corrected chi connectivity index (χ3v) is 8.59. The number of allylic oxidation sites excluding steroid dienone is 2. The van der Waals surface area contributed by atoms with Crippen molar-refractivity contribution >= 4 is 31.8 Å². The minimum Gasteiger partial charge on any atom is -0.389 e. The van der Waals surface area contributed by atoms with Crippen molar-refractivity contribution in [2.75, 3.05) is 19.5 Å². The van der Waals surface area contributed by atoms with Gasteiger partial charge in [0, 0.05) is 24.7 Å². The van der Waals surface area contributed by atoms with Crippen LogP contribution in [0.3, 0.4) is 0 Å². The van der Waals surface area contributed by atoms with E-state index >= 15 is 0 Å². The summed E-state index contributed by atoms with van der Waals surface area (Å²) in [5, 5.41) is 25.5. The highest BCUT2D eigenvalue weighted by Gasteiger charge is 2.53. The first-order chi connectivity index (χ1) is 11.0. The fourth-order valence-electron chi connectivity index (χ4n) is 2.68. The number of rotatable bonds is 6. The van der Waals surface area contributed by atoms with E-state index in [1.165, 1.54) is 11.8 Å². The number of ether oxygens (including phenoxy) is 1. The van der Waals surface area contributed by atoms with Gasteiger partial charge in [-0.1, -0.05) is 0 Å². The predicted octanol–water partition coefficient (Wildman–Crippen LogP) is -1.43. The molecule has 2 heterocycles. The lowest BCUT2D eigenvalue weighted by Gasteiger charge is -2.35. The molecule has 0 bridgehead atoms. The second-order valence-corrected chi connectivity index (χ2v) is 10.2. The maximum Gasteiger partial charge on any atom is 0.274 e. The first kappa shape index (κ1) is 19.7. The lowest BCUT2D eigenvalue weighted by Crippen LogP contribution is -2.53. The summed E-state index contributed by atoms with van der Waals surface area (Å²) in [4.78, 5) is 0. The Balaban J connectivity index is 2.38. The Morgan fingerprint density at radius 1 is 1.50 bits per heavy atom. The Morgan fingerprint density at radius 2 is 2.17 bits per heavy atom. The van der Waals surface area contributed by atoms with E-state index in [-0.39, 0.29) is 11.4 Å². The number of aliphatic hydroxyl groups excluding tert-OH is 1. The molecule has 0 spiro atoms. The summed E-state index contributed by atoms with van der Waals surface area (Å²) < 4.78 is 52.9. The quantitative estimate of drug-likeness (QED) is 0.395. The van der Waals surface area contributed by atoms with Gasteiger partial charge < -0.3 is 14.9 Å². The van der Waals surface area contributed by atoms with Crippen LogP contribution in [0.4, 0.5) is 0 Å². The summed E-state index contributed by atoms with van der Waals surface area (Å²) in [6.45, 7) is 0.462. The first-order valence-corrected chi connectivity index (χ1v) is 11.1. The van der Waals surface area contributed by atoms with E-state index in [0.717, 1.165) is 12.2 Å². The molecule has 12 heteroatoms. The van der Waals surface area contributed by atoms with Crippen LogP contribution >= 0.6 is 11.8 Å². The van der Waals surface area contributed by atoms with Gasteiger partial charge in [-0.3, -0.25) is 4.72 Å². The molecule has 1 saturated heterocycles. The number of nitrogens with two attached hydrogens (primary N) is 1. The Morgan fingerprint density at radius 3 is 2.71 bits per heavy atom. The minimum atomic E-state index is -4.45. The molecule has 0 radical (unpaired) electrons. The normalized spacial score (nSPS) is 32.8. The van der Waals surface area contributed by atoms with E-state index < -0.39 is 41.2 Å². The van der Waals surface area contributed by atoms with Crippen LogP contribution in [0.5, 0.6) is 0 Å². The van der Waals surface area contributed by atoms with Crippen molar-refractivity contribution in [3.63, 3.8) is 0 Å². The minimum absolute atomic E-state index is 0.171.